The maximum Gasteiger partial charge on any atom is 2.00 e. The maximum absolute atomic E-state index is 10.5. The molecule has 63 heavy (non-hydrogen) atoms. The van der Waals surface area contributed by atoms with Crippen molar-refractivity contribution < 1.29 is 25.9 Å². The van der Waals surface area contributed by atoms with Crippen LogP contribution < -0.4 is 0 Å². The molecule has 0 amide bonds. The molecular formula is C54H110CaO6S2. The van der Waals surface area contributed by atoms with Crippen LogP contribution in [0.3, 0.4) is 0 Å². The van der Waals surface area contributed by atoms with Gasteiger partial charge in [-0.3, -0.25) is 0 Å². The van der Waals surface area contributed by atoms with Crippen LogP contribution in [-0.2, 0) is 20.2 Å². The van der Waals surface area contributed by atoms with Crippen molar-refractivity contribution in [1.82, 2.24) is 0 Å². The summed E-state index contributed by atoms with van der Waals surface area (Å²) in [5.74, 6) is -0.376. The third kappa shape index (κ3) is 72.2. The Morgan fingerprint density at radius 3 is 0.397 bits per heavy atom. The summed E-state index contributed by atoms with van der Waals surface area (Å²) in [5.41, 5.74) is 0. The van der Waals surface area contributed by atoms with Gasteiger partial charge in [0, 0.05) is 11.5 Å². The summed E-state index contributed by atoms with van der Waals surface area (Å²) < 4.78 is 63.0. The van der Waals surface area contributed by atoms with Crippen LogP contribution in [-0.4, -0.2) is 75.2 Å². The van der Waals surface area contributed by atoms with E-state index in [1.54, 1.807) is 0 Å². The molecule has 6 nitrogen and oxygen atoms in total. The minimum absolute atomic E-state index is 0. The number of rotatable bonds is 52. The monoisotopic (exact) mass is 959 g/mol. The molecule has 0 N–H and O–H groups in total. The summed E-state index contributed by atoms with van der Waals surface area (Å²) in [6.07, 6.45) is 66.6. The van der Waals surface area contributed by atoms with Gasteiger partial charge in [-0.05, 0) is 12.8 Å². The van der Waals surface area contributed by atoms with Crippen LogP contribution in [0.15, 0.2) is 0 Å². The van der Waals surface area contributed by atoms with Gasteiger partial charge in [0.1, 0.15) is 0 Å². The topological polar surface area (TPSA) is 114 Å². The van der Waals surface area contributed by atoms with Gasteiger partial charge < -0.3 is 9.11 Å². The Morgan fingerprint density at radius 1 is 0.206 bits per heavy atom. The Kier molecular flexibility index (Phi) is 62.3. The Bertz CT molecular complexity index is 957. The Balaban J connectivity index is -0.00000112. The van der Waals surface area contributed by atoms with Crippen molar-refractivity contribution in [2.45, 2.75) is 335 Å². The largest absolute Gasteiger partial charge is 2.00 e. The molecule has 0 fully saturated rings. The molecule has 0 radical (unpaired) electrons. The van der Waals surface area contributed by atoms with Gasteiger partial charge in [0.05, 0.1) is 20.2 Å². The van der Waals surface area contributed by atoms with Gasteiger partial charge in [-0.2, -0.15) is 0 Å². The predicted molar refractivity (Wildman–Crippen MR) is 277 cm³/mol. The van der Waals surface area contributed by atoms with Gasteiger partial charge in [-0.15, -0.1) is 0 Å². The second kappa shape index (κ2) is 57.4. The molecule has 0 aliphatic rings. The fraction of sp³-hybridized carbons (Fsp3) is 1.00. The molecule has 0 saturated carbocycles. The van der Waals surface area contributed by atoms with Crippen molar-refractivity contribution in [1.29, 1.82) is 0 Å². The van der Waals surface area contributed by atoms with E-state index in [0.29, 0.717) is 12.8 Å². The summed E-state index contributed by atoms with van der Waals surface area (Å²) >= 11 is 0. The summed E-state index contributed by atoms with van der Waals surface area (Å²) in [4.78, 5) is 0. The SMILES string of the molecule is CCCCCCCCCCCCCCCCCCCCCCCCCCCS(=O)(=O)[O-].CCCCCCCCCCCCCCCCCCCCCCCCCCCS(=O)(=O)[O-].[Ca+2]. The minimum atomic E-state index is -4.00. The zero-order valence-electron chi connectivity index (χ0n) is 42.7. The summed E-state index contributed by atoms with van der Waals surface area (Å²) in [7, 11) is -8.00. The van der Waals surface area contributed by atoms with E-state index in [0.717, 1.165) is 25.7 Å². The summed E-state index contributed by atoms with van der Waals surface area (Å²) in [5, 5.41) is 0. The van der Waals surface area contributed by atoms with Gasteiger partial charge in [0.2, 0.25) is 0 Å². The molecule has 0 spiro atoms. The van der Waals surface area contributed by atoms with Crippen LogP contribution in [0.25, 0.3) is 0 Å². The standard InChI is InChI=1S/2C27H56O3S.Ca/c2*1-2-3-4-5-6-7-8-9-10-11-12-13-14-15-16-17-18-19-20-21-22-23-24-25-26-27-31(28,29)30;/h2*2-27H2,1H3,(H,28,29,30);/q;;+2/p-2. The summed E-state index contributed by atoms with van der Waals surface area (Å²) in [6.45, 7) is 4.58. The van der Waals surface area contributed by atoms with E-state index in [9.17, 15) is 25.9 Å². The van der Waals surface area contributed by atoms with Crippen molar-refractivity contribution in [3.63, 3.8) is 0 Å². The zero-order valence-corrected chi connectivity index (χ0v) is 46.6. The second-order valence-corrected chi connectivity index (χ2v) is 22.5. The fourth-order valence-corrected chi connectivity index (χ4v) is 9.95. The van der Waals surface area contributed by atoms with E-state index in [1.165, 1.54) is 283 Å². The molecule has 0 aliphatic carbocycles. The molecule has 0 aromatic rings. The Labute approximate surface area is 426 Å². The molecule has 0 aliphatic heterocycles. The first kappa shape index (κ1) is 68.3. The van der Waals surface area contributed by atoms with Gasteiger partial charge in [0.25, 0.3) is 0 Å². The third-order valence-electron chi connectivity index (χ3n) is 13.0. The molecule has 0 rings (SSSR count). The van der Waals surface area contributed by atoms with Crippen LogP contribution in [0.1, 0.15) is 335 Å². The quantitative estimate of drug-likeness (QED) is 0.0341. The first-order chi connectivity index (χ1) is 30.1. The molecule has 0 atom stereocenters. The first-order valence-electron chi connectivity index (χ1n) is 28.0. The van der Waals surface area contributed by atoms with Crippen LogP contribution in [0, 0.1) is 0 Å². The Hall–Kier alpha value is 1.08. The minimum Gasteiger partial charge on any atom is -0.748 e. The van der Waals surface area contributed by atoms with Crippen molar-refractivity contribution >= 4 is 58.0 Å². The maximum atomic E-state index is 10.5. The van der Waals surface area contributed by atoms with Crippen LogP contribution >= 0.6 is 0 Å². The van der Waals surface area contributed by atoms with Gasteiger partial charge >= 0.3 is 37.7 Å². The number of hydrogen-bond acceptors (Lipinski definition) is 6. The van der Waals surface area contributed by atoms with Crippen molar-refractivity contribution in [3.8, 4) is 0 Å². The molecule has 376 valence electrons. The van der Waals surface area contributed by atoms with E-state index in [4.69, 9.17) is 0 Å². The first-order valence-corrected chi connectivity index (χ1v) is 31.1. The molecule has 0 saturated heterocycles. The second-order valence-electron chi connectivity index (χ2n) is 19.5. The molecule has 0 aromatic heterocycles. The van der Waals surface area contributed by atoms with Gasteiger partial charge in [0.15, 0.2) is 0 Å². The van der Waals surface area contributed by atoms with E-state index < -0.39 is 20.2 Å². The average molecular weight is 960 g/mol. The molecule has 0 heterocycles. The molecule has 9 heteroatoms. The smallest absolute Gasteiger partial charge is 0.748 e. The number of hydrogen-bond donors (Lipinski definition) is 0. The molecule has 0 unspecified atom stereocenters. The van der Waals surface area contributed by atoms with Gasteiger partial charge in [-0.25, -0.2) is 16.8 Å². The predicted octanol–water partition coefficient (Wildman–Crippen LogP) is 18.2. The van der Waals surface area contributed by atoms with Gasteiger partial charge in [-0.1, -0.05) is 322 Å². The van der Waals surface area contributed by atoms with E-state index in [2.05, 4.69) is 13.8 Å². The van der Waals surface area contributed by atoms with E-state index in [1.807, 2.05) is 0 Å². The Morgan fingerprint density at radius 2 is 0.302 bits per heavy atom. The van der Waals surface area contributed by atoms with Crippen molar-refractivity contribution in [2.24, 2.45) is 0 Å². The zero-order chi connectivity index (χ0) is 45.8. The molecule has 0 bridgehead atoms. The van der Waals surface area contributed by atoms with Crippen LogP contribution in [0.5, 0.6) is 0 Å². The molecule has 0 aromatic carbocycles. The fourth-order valence-electron chi connectivity index (χ4n) is 8.84. The van der Waals surface area contributed by atoms with Crippen LogP contribution in [0.2, 0.25) is 0 Å². The normalized spacial score (nSPS) is 11.7. The van der Waals surface area contributed by atoms with E-state index in [-0.39, 0.29) is 49.2 Å². The molecular weight excluding hydrogens is 849 g/mol. The van der Waals surface area contributed by atoms with Crippen LogP contribution in [0.4, 0.5) is 0 Å². The van der Waals surface area contributed by atoms with Crippen molar-refractivity contribution in [3.05, 3.63) is 0 Å². The average Bonchev–Trinajstić information content (AvgIpc) is 3.23. The number of unbranched alkanes of at least 4 members (excludes halogenated alkanes) is 48. The van der Waals surface area contributed by atoms with E-state index >= 15 is 0 Å². The third-order valence-corrected chi connectivity index (χ3v) is 14.6. The summed E-state index contributed by atoms with van der Waals surface area (Å²) in [6, 6.07) is 0. The van der Waals surface area contributed by atoms with Crippen molar-refractivity contribution in [2.75, 3.05) is 11.5 Å².